The molecular formula is C46H80O8. The Bertz CT molecular complexity index is 1370. The molecule has 0 aliphatic carbocycles. The van der Waals surface area contributed by atoms with E-state index in [1.165, 1.54) is 0 Å². The van der Waals surface area contributed by atoms with Crippen LogP contribution >= 0.6 is 0 Å². The van der Waals surface area contributed by atoms with Crippen molar-refractivity contribution in [2.24, 2.45) is 55.2 Å². The number of carbonyl (C=O) groups is 4. The molecular weight excluding hydrogens is 680 g/mol. The third-order valence-electron chi connectivity index (χ3n) is 13.9. The van der Waals surface area contributed by atoms with E-state index in [0.717, 1.165) is 44.9 Å². The Morgan fingerprint density at radius 2 is 1.37 bits per heavy atom. The van der Waals surface area contributed by atoms with E-state index >= 15 is 0 Å². The van der Waals surface area contributed by atoms with E-state index < -0.39 is 33.9 Å². The number of ether oxygens (including phenoxy) is 4. The van der Waals surface area contributed by atoms with Gasteiger partial charge in [0.2, 0.25) is 0 Å². The highest BCUT2D eigenvalue weighted by Gasteiger charge is 2.57. The fourth-order valence-electron chi connectivity index (χ4n) is 10.1. The summed E-state index contributed by atoms with van der Waals surface area (Å²) in [6.07, 6.45) is 7.12. The third kappa shape index (κ3) is 10.8. The maximum atomic E-state index is 14.2. The molecule has 0 N–H and O–H groups in total. The van der Waals surface area contributed by atoms with E-state index in [4.69, 9.17) is 18.9 Å². The monoisotopic (exact) mass is 761 g/mol. The van der Waals surface area contributed by atoms with Crippen LogP contribution in [-0.2, 0) is 38.1 Å². The van der Waals surface area contributed by atoms with E-state index in [0.29, 0.717) is 38.9 Å². The molecule has 8 nitrogen and oxygen atoms in total. The Balaban J connectivity index is 1.86. The molecule has 312 valence electrons. The first-order valence-corrected chi connectivity index (χ1v) is 21.0. The van der Waals surface area contributed by atoms with Gasteiger partial charge in [-0.1, -0.05) is 96.9 Å². The predicted octanol–water partition coefficient (Wildman–Crippen LogP) is 11.1. The number of rotatable bonds is 15. The molecule has 0 aromatic rings. The highest BCUT2D eigenvalue weighted by Crippen LogP contribution is 2.58. The lowest BCUT2D eigenvalue weighted by Gasteiger charge is -2.51. The van der Waals surface area contributed by atoms with Crippen LogP contribution in [0.3, 0.4) is 0 Å². The second-order valence-corrected chi connectivity index (χ2v) is 23.7. The Kier molecular flexibility index (Phi) is 13.4. The lowest BCUT2D eigenvalue weighted by molar-refractivity contribution is -0.187. The summed E-state index contributed by atoms with van der Waals surface area (Å²) in [6, 6.07) is 0. The molecule has 3 saturated heterocycles. The molecule has 8 heteroatoms. The minimum Gasteiger partial charge on any atom is -0.465 e. The second kappa shape index (κ2) is 15.7. The fraction of sp³-hybridized carbons (Fsp3) is 0.913. The Hall–Kier alpha value is -2.12. The molecule has 0 saturated carbocycles. The van der Waals surface area contributed by atoms with Crippen LogP contribution in [0.25, 0.3) is 0 Å². The van der Waals surface area contributed by atoms with Crippen LogP contribution in [0.2, 0.25) is 0 Å². The van der Waals surface area contributed by atoms with Crippen LogP contribution in [0, 0.1) is 55.2 Å². The van der Waals surface area contributed by atoms with Gasteiger partial charge in [-0.2, -0.15) is 0 Å². The van der Waals surface area contributed by atoms with Crippen molar-refractivity contribution in [3.8, 4) is 0 Å². The molecule has 0 amide bonds. The van der Waals surface area contributed by atoms with Gasteiger partial charge in [-0.05, 0) is 130 Å². The zero-order chi connectivity index (χ0) is 41.6. The second-order valence-electron chi connectivity index (χ2n) is 23.7. The van der Waals surface area contributed by atoms with Crippen molar-refractivity contribution in [2.45, 2.75) is 200 Å². The topological polar surface area (TPSA) is 105 Å². The molecule has 0 radical (unpaired) electrons. The molecule has 3 rings (SSSR count). The number of hydrogen-bond donors (Lipinski definition) is 0. The first-order valence-electron chi connectivity index (χ1n) is 21.0. The van der Waals surface area contributed by atoms with Crippen molar-refractivity contribution in [1.82, 2.24) is 0 Å². The summed E-state index contributed by atoms with van der Waals surface area (Å²) in [6.45, 7) is 37.8. The molecule has 3 aliphatic heterocycles. The van der Waals surface area contributed by atoms with Crippen molar-refractivity contribution < 1.29 is 38.1 Å². The van der Waals surface area contributed by atoms with Crippen LogP contribution in [0.5, 0.6) is 0 Å². The minimum atomic E-state index is -0.867. The van der Waals surface area contributed by atoms with Gasteiger partial charge in [-0.3, -0.25) is 14.4 Å². The summed E-state index contributed by atoms with van der Waals surface area (Å²) in [5.74, 6) is -1.21. The maximum absolute atomic E-state index is 14.2. The molecule has 5 atom stereocenters. The lowest BCUT2D eigenvalue weighted by Crippen LogP contribution is -2.51. The fourth-order valence-corrected chi connectivity index (χ4v) is 10.1. The van der Waals surface area contributed by atoms with Gasteiger partial charge in [0.15, 0.2) is 6.10 Å². The van der Waals surface area contributed by atoms with Crippen molar-refractivity contribution in [2.75, 3.05) is 13.2 Å². The van der Waals surface area contributed by atoms with Gasteiger partial charge >= 0.3 is 23.9 Å². The molecule has 54 heavy (non-hydrogen) atoms. The van der Waals surface area contributed by atoms with Crippen molar-refractivity contribution in [3.05, 3.63) is 0 Å². The summed E-state index contributed by atoms with van der Waals surface area (Å²) < 4.78 is 23.0. The van der Waals surface area contributed by atoms with Crippen molar-refractivity contribution in [3.63, 3.8) is 0 Å². The van der Waals surface area contributed by atoms with Gasteiger partial charge in [0, 0.05) is 0 Å². The van der Waals surface area contributed by atoms with Crippen molar-refractivity contribution >= 4 is 23.9 Å². The summed E-state index contributed by atoms with van der Waals surface area (Å²) in [5.41, 5.74) is -3.36. The zero-order valence-electron chi connectivity index (χ0n) is 37.7. The molecule has 3 aliphatic rings. The largest absolute Gasteiger partial charge is 0.465 e. The average molecular weight is 761 g/mol. The average Bonchev–Trinajstić information content (AvgIpc) is 3.36. The first-order chi connectivity index (χ1) is 24.2. The number of cyclic esters (lactones) is 3. The van der Waals surface area contributed by atoms with Gasteiger partial charge in [-0.25, -0.2) is 4.79 Å². The third-order valence-corrected chi connectivity index (χ3v) is 13.9. The van der Waals surface area contributed by atoms with E-state index in [1.54, 1.807) is 0 Å². The van der Waals surface area contributed by atoms with E-state index in [9.17, 15) is 19.2 Å². The van der Waals surface area contributed by atoms with Crippen LogP contribution in [0.1, 0.15) is 188 Å². The highest BCUT2D eigenvalue weighted by molar-refractivity contribution is 5.83. The van der Waals surface area contributed by atoms with Crippen LogP contribution in [0.15, 0.2) is 0 Å². The predicted molar refractivity (Wildman–Crippen MR) is 214 cm³/mol. The zero-order valence-corrected chi connectivity index (χ0v) is 37.7. The summed E-state index contributed by atoms with van der Waals surface area (Å²) in [5, 5.41) is 0. The lowest BCUT2D eigenvalue weighted by atomic mass is 9.55. The number of esters is 4. The maximum Gasteiger partial charge on any atom is 0.347 e. The molecule has 0 bridgehead atoms. The molecule has 3 heterocycles. The summed E-state index contributed by atoms with van der Waals surface area (Å²) >= 11 is 0. The quantitative estimate of drug-likeness (QED) is 0.120. The van der Waals surface area contributed by atoms with Gasteiger partial charge in [-0.15, -0.1) is 0 Å². The number of hydrogen-bond acceptors (Lipinski definition) is 8. The highest BCUT2D eigenvalue weighted by atomic mass is 16.6. The SMILES string of the molecule is CC(C)(C)CC(C)(C(=O)OC1CCCOC1=O)C(C)(C)CCC(C)(C)C1CC(C)(C)OC(=O)C1CC(C)(C)CCC(C)(C)C1(CC(C)(C)C)CCOC1=O. The van der Waals surface area contributed by atoms with E-state index in [2.05, 4.69) is 96.9 Å². The van der Waals surface area contributed by atoms with Gasteiger partial charge < -0.3 is 18.9 Å². The molecule has 0 spiro atoms. The molecule has 0 aromatic carbocycles. The van der Waals surface area contributed by atoms with Gasteiger partial charge in [0.05, 0.1) is 30.0 Å². The standard InChI is InChI=1S/C46H80O8/c1-38(2,3)29-45(17,36(49)53-33-19-18-25-51-35(33)48)42(11,12)23-21-41(9,10)32-28-44(15,16)54-34(47)31(32)27-40(7,8)20-22-43(13,14)46(30-39(4,5)6)24-26-52-37(46)50/h31-33H,18-30H2,1-17H3. The molecule has 3 fully saturated rings. The molecule has 0 aromatic heterocycles. The van der Waals surface area contributed by atoms with Crippen LogP contribution in [0.4, 0.5) is 0 Å². The van der Waals surface area contributed by atoms with Gasteiger partial charge in [0.1, 0.15) is 5.60 Å². The first kappa shape index (κ1) is 46.3. The van der Waals surface area contributed by atoms with E-state index in [-0.39, 0.29) is 56.8 Å². The normalized spacial score (nSPS) is 27.1. The summed E-state index contributed by atoms with van der Waals surface area (Å²) in [7, 11) is 0. The molecule has 5 unspecified atom stereocenters. The Morgan fingerprint density at radius 1 is 0.759 bits per heavy atom. The Morgan fingerprint density at radius 3 is 1.89 bits per heavy atom. The van der Waals surface area contributed by atoms with Crippen molar-refractivity contribution in [1.29, 1.82) is 0 Å². The van der Waals surface area contributed by atoms with Crippen LogP contribution < -0.4 is 0 Å². The van der Waals surface area contributed by atoms with E-state index in [1.807, 2.05) is 20.8 Å². The number of carbonyl (C=O) groups excluding carboxylic acids is 4. The van der Waals surface area contributed by atoms with Gasteiger partial charge in [0.25, 0.3) is 0 Å². The minimum absolute atomic E-state index is 0.0178. The Labute approximate surface area is 329 Å². The smallest absolute Gasteiger partial charge is 0.347 e. The van der Waals surface area contributed by atoms with Crippen LogP contribution in [-0.4, -0.2) is 48.8 Å². The summed E-state index contributed by atoms with van der Waals surface area (Å²) in [4.78, 5) is 54.1.